The molecule has 0 aromatic heterocycles. The Labute approximate surface area is 84.5 Å². The van der Waals surface area contributed by atoms with Crippen LogP contribution in [0.2, 0.25) is 0 Å². The zero-order chi connectivity index (χ0) is 9.61. The van der Waals surface area contributed by atoms with Crippen LogP contribution in [0.4, 0.5) is 0 Å². The zero-order valence-corrected chi connectivity index (χ0v) is 10.5. The van der Waals surface area contributed by atoms with E-state index < -0.39 is 5.62 Å². The summed E-state index contributed by atoms with van der Waals surface area (Å²) < 4.78 is 5.42. The topological polar surface area (TPSA) is 35.2 Å². The van der Waals surface area contributed by atoms with Gasteiger partial charge < -0.3 is 4.52 Å². The van der Waals surface area contributed by atoms with Crippen LogP contribution < -0.4 is 5.50 Å². The highest BCUT2D eigenvalue weighted by atomic mass is 32.9. The van der Waals surface area contributed by atoms with Crippen molar-refractivity contribution in [2.75, 3.05) is 6.61 Å². The third-order valence-corrected chi connectivity index (χ3v) is 6.27. The Balaban J connectivity index is 3.78. The molecule has 0 radical (unpaired) electrons. The maximum absolute atomic E-state index is 5.85. The van der Waals surface area contributed by atoms with Gasteiger partial charge in [-0.25, -0.2) is 0 Å². The van der Waals surface area contributed by atoms with E-state index in [9.17, 15) is 0 Å². The van der Waals surface area contributed by atoms with Crippen molar-refractivity contribution in [3.63, 3.8) is 0 Å². The van der Waals surface area contributed by atoms with Crippen molar-refractivity contribution >= 4 is 28.8 Å². The Morgan fingerprint density at radius 3 is 2.58 bits per heavy atom. The van der Waals surface area contributed by atoms with Gasteiger partial charge in [0.25, 0.3) is 0 Å². The summed E-state index contributed by atoms with van der Waals surface area (Å²) in [5.74, 6) is 0. The predicted molar refractivity (Wildman–Crippen MR) is 62.1 cm³/mol. The molecule has 0 aromatic carbocycles. The van der Waals surface area contributed by atoms with Crippen molar-refractivity contribution in [1.82, 2.24) is 0 Å². The second kappa shape index (κ2) is 6.39. The normalized spacial score (nSPS) is 18.7. The average Bonchev–Trinajstić information content (AvgIpc) is 2.00. The molecule has 5 heteroatoms. The largest absolute Gasteiger partial charge is 0.331 e. The number of rotatable bonds is 6. The molecule has 0 aliphatic heterocycles. The Bertz CT molecular complexity index is 165. The maximum Gasteiger partial charge on any atom is 0.183 e. The molecular weight excluding hydrogens is 209 g/mol. The van der Waals surface area contributed by atoms with E-state index >= 15 is 0 Å². The van der Waals surface area contributed by atoms with Crippen LogP contribution in [-0.2, 0) is 16.3 Å². The van der Waals surface area contributed by atoms with E-state index in [2.05, 4.69) is 20.8 Å². The third kappa shape index (κ3) is 6.44. The molecule has 2 nitrogen and oxygen atoms in total. The van der Waals surface area contributed by atoms with Gasteiger partial charge in [-0.1, -0.05) is 32.2 Å². The van der Waals surface area contributed by atoms with E-state index in [0.29, 0.717) is 11.9 Å². The first kappa shape index (κ1) is 12.9. The van der Waals surface area contributed by atoms with Gasteiger partial charge in [0.1, 0.15) is 0 Å². The monoisotopic (exact) mass is 227 g/mol. The minimum absolute atomic E-state index is 0.512. The van der Waals surface area contributed by atoms with Gasteiger partial charge in [0.15, 0.2) is 5.62 Å². The highest BCUT2D eigenvalue weighted by molar-refractivity contribution is 8.68. The van der Waals surface area contributed by atoms with E-state index in [4.69, 9.17) is 21.8 Å². The van der Waals surface area contributed by atoms with E-state index in [1.807, 2.05) is 0 Å². The maximum atomic E-state index is 5.85. The second-order valence-corrected chi connectivity index (χ2v) is 9.63. The molecule has 0 aromatic rings. The van der Waals surface area contributed by atoms with Gasteiger partial charge in [-0.3, -0.25) is 5.50 Å². The number of hydrogen-bond donors (Lipinski definition) is 1. The van der Waals surface area contributed by atoms with Crippen LogP contribution in [0.15, 0.2) is 0 Å². The molecule has 0 fully saturated rings. The lowest BCUT2D eigenvalue weighted by atomic mass is 10.4. The summed E-state index contributed by atoms with van der Waals surface area (Å²) in [6.45, 7) is 7.02. The molecule has 2 N–H and O–H groups in total. The van der Waals surface area contributed by atoms with Gasteiger partial charge in [0, 0.05) is 5.25 Å². The first-order chi connectivity index (χ1) is 5.52. The molecule has 0 heterocycles. The lowest BCUT2D eigenvalue weighted by Crippen LogP contribution is -2.01. The number of hydrogen-bond acceptors (Lipinski definition) is 3. The summed E-state index contributed by atoms with van der Waals surface area (Å²) in [4.78, 5) is 0. The van der Waals surface area contributed by atoms with Gasteiger partial charge in [-0.2, -0.15) is 0 Å². The van der Waals surface area contributed by atoms with Crippen LogP contribution in [-0.4, -0.2) is 11.9 Å². The smallest absolute Gasteiger partial charge is 0.183 e. The van der Waals surface area contributed by atoms with E-state index in [0.717, 1.165) is 12.8 Å². The van der Waals surface area contributed by atoms with Crippen molar-refractivity contribution in [3.05, 3.63) is 0 Å². The van der Waals surface area contributed by atoms with Gasteiger partial charge in [-0.15, -0.1) is 0 Å². The van der Waals surface area contributed by atoms with E-state index in [1.54, 1.807) is 11.4 Å². The SMILES string of the molecule is CCCOP(N)(=S)SC(C)CC. The minimum Gasteiger partial charge on any atom is -0.331 e. The molecule has 74 valence electrons. The minimum atomic E-state index is -2.03. The predicted octanol–water partition coefficient (Wildman–Crippen LogP) is 3.13. The van der Waals surface area contributed by atoms with Crippen molar-refractivity contribution in [1.29, 1.82) is 0 Å². The molecule has 0 saturated heterocycles. The summed E-state index contributed by atoms with van der Waals surface area (Å²) in [5, 5.41) is 0.512. The van der Waals surface area contributed by atoms with Crippen molar-refractivity contribution in [2.24, 2.45) is 5.50 Å². The fourth-order valence-corrected chi connectivity index (χ4v) is 5.63. The number of nitrogens with two attached hydrogens (primary N) is 1. The van der Waals surface area contributed by atoms with E-state index in [1.165, 1.54) is 0 Å². The zero-order valence-electron chi connectivity index (χ0n) is 7.95. The fourth-order valence-electron chi connectivity index (χ4n) is 0.574. The Kier molecular flexibility index (Phi) is 6.87. The quantitative estimate of drug-likeness (QED) is 0.707. The molecule has 2 unspecified atom stereocenters. The van der Waals surface area contributed by atoms with Crippen LogP contribution in [0.5, 0.6) is 0 Å². The third-order valence-electron chi connectivity index (χ3n) is 1.38. The lowest BCUT2D eigenvalue weighted by Gasteiger charge is -2.19. The lowest BCUT2D eigenvalue weighted by molar-refractivity contribution is 0.358. The summed E-state index contributed by atoms with van der Waals surface area (Å²) in [7, 11) is 0. The molecule has 2 atom stereocenters. The van der Waals surface area contributed by atoms with Gasteiger partial charge in [0.05, 0.1) is 6.61 Å². The average molecular weight is 227 g/mol. The molecule has 0 rings (SSSR count). The molecule has 0 spiro atoms. The van der Waals surface area contributed by atoms with Crippen molar-refractivity contribution in [2.45, 2.75) is 38.9 Å². The van der Waals surface area contributed by atoms with Crippen LogP contribution in [0.3, 0.4) is 0 Å². The highest BCUT2D eigenvalue weighted by Gasteiger charge is 2.15. The van der Waals surface area contributed by atoms with Crippen LogP contribution in [0.25, 0.3) is 0 Å². The van der Waals surface area contributed by atoms with Gasteiger partial charge in [-0.05, 0) is 24.6 Å². The van der Waals surface area contributed by atoms with E-state index in [-0.39, 0.29) is 0 Å². The molecular formula is C7H18NOPS2. The van der Waals surface area contributed by atoms with Crippen LogP contribution in [0.1, 0.15) is 33.6 Å². The van der Waals surface area contributed by atoms with Gasteiger partial charge in [0.2, 0.25) is 0 Å². The van der Waals surface area contributed by atoms with Crippen molar-refractivity contribution < 1.29 is 4.52 Å². The first-order valence-electron chi connectivity index (χ1n) is 4.23. The summed E-state index contributed by atoms with van der Waals surface area (Å²) in [6.07, 6.45) is 2.08. The highest BCUT2D eigenvalue weighted by Crippen LogP contribution is 2.55. The van der Waals surface area contributed by atoms with Crippen LogP contribution >= 0.6 is 17.0 Å². The second-order valence-electron chi connectivity index (χ2n) is 2.70. The fraction of sp³-hybridized carbons (Fsp3) is 1.00. The summed E-state index contributed by atoms with van der Waals surface area (Å²) in [6, 6.07) is 0. The molecule has 0 bridgehead atoms. The Hall–Kier alpha value is 0.920. The standard InChI is InChI=1S/C7H18NOPS2/c1-4-6-9-10(8,11)12-7(3)5-2/h7H,4-6H2,1-3H3,(H2,8,11). The molecule has 0 saturated carbocycles. The Morgan fingerprint density at radius 2 is 2.17 bits per heavy atom. The summed E-state index contributed by atoms with van der Waals surface area (Å²) in [5.41, 5.74) is 3.81. The first-order valence-corrected chi connectivity index (χ1v) is 8.50. The van der Waals surface area contributed by atoms with Crippen molar-refractivity contribution in [3.8, 4) is 0 Å². The molecule has 0 amide bonds. The molecule has 0 aliphatic carbocycles. The van der Waals surface area contributed by atoms with Crippen LogP contribution in [0, 0.1) is 0 Å². The Morgan fingerprint density at radius 1 is 1.58 bits per heavy atom. The molecule has 0 aliphatic rings. The molecule has 12 heavy (non-hydrogen) atoms. The van der Waals surface area contributed by atoms with Gasteiger partial charge >= 0.3 is 0 Å². The summed E-state index contributed by atoms with van der Waals surface area (Å²) >= 11 is 6.80.